The maximum atomic E-state index is 9.90. The van der Waals surface area contributed by atoms with E-state index < -0.39 is 6.10 Å². The Labute approximate surface area is 123 Å². The molecule has 0 heterocycles. The predicted octanol–water partition coefficient (Wildman–Crippen LogP) is 3.27. The van der Waals surface area contributed by atoms with E-state index in [1.165, 1.54) is 6.42 Å². The molecule has 19 heavy (non-hydrogen) atoms. The molecule has 0 saturated heterocycles. The SMILES string of the molecule is CC1(NCC(O)COc2c(Cl)cccc2Cl)CCC1. The van der Waals surface area contributed by atoms with Crippen LogP contribution in [-0.4, -0.2) is 29.9 Å². The van der Waals surface area contributed by atoms with Gasteiger partial charge in [0.1, 0.15) is 12.7 Å². The Bertz CT molecular complexity index is 415. The van der Waals surface area contributed by atoms with Gasteiger partial charge in [0, 0.05) is 12.1 Å². The third kappa shape index (κ3) is 3.99. The van der Waals surface area contributed by atoms with Crippen LogP contribution in [-0.2, 0) is 0 Å². The molecule has 5 heteroatoms. The highest BCUT2D eigenvalue weighted by Gasteiger charge is 2.31. The molecular weight excluding hydrogens is 285 g/mol. The molecule has 0 aromatic heterocycles. The molecule has 1 fully saturated rings. The summed E-state index contributed by atoms with van der Waals surface area (Å²) in [5.74, 6) is 0.430. The van der Waals surface area contributed by atoms with Crippen molar-refractivity contribution in [1.29, 1.82) is 0 Å². The Morgan fingerprint density at radius 1 is 1.37 bits per heavy atom. The van der Waals surface area contributed by atoms with Crippen molar-refractivity contribution in [2.24, 2.45) is 0 Å². The summed E-state index contributed by atoms with van der Waals surface area (Å²) in [4.78, 5) is 0. The molecule has 1 saturated carbocycles. The molecule has 1 atom stereocenters. The molecule has 0 aliphatic heterocycles. The van der Waals surface area contributed by atoms with E-state index in [2.05, 4.69) is 12.2 Å². The van der Waals surface area contributed by atoms with Crippen molar-refractivity contribution in [3.05, 3.63) is 28.2 Å². The fraction of sp³-hybridized carbons (Fsp3) is 0.571. The summed E-state index contributed by atoms with van der Waals surface area (Å²) >= 11 is 12.0. The summed E-state index contributed by atoms with van der Waals surface area (Å²) in [5.41, 5.74) is 0.184. The monoisotopic (exact) mass is 303 g/mol. The molecule has 106 valence electrons. The zero-order chi connectivity index (χ0) is 13.9. The molecule has 1 aliphatic rings. The van der Waals surface area contributed by atoms with Gasteiger partial charge >= 0.3 is 0 Å². The molecule has 1 unspecified atom stereocenters. The molecule has 2 N–H and O–H groups in total. The second-order valence-corrected chi connectivity index (χ2v) is 6.13. The zero-order valence-electron chi connectivity index (χ0n) is 11.0. The van der Waals surface area contributed by atoms with Crippen LogP contribution < -0.4 is 10.1 Å². The lowest BCUT2D eigenvalue weighted by Crippen LogP contribution is -2.51. The average molecular weight is 304 g/mol. The summed E-state index contributed by atoms with van der Waals surface area (Å²) < 4.78 is 5.49. The van der Waals surface area contributed by atoms with Gasteiger partial charge in [0.05, 0.1) is 10.0 Å². The van der Waals surface area contributed by atoms with Crippen LogP contribution in [0, 0.1) is 0 Å². The van der Waals surface area contributed by atoms with Crippen molar-refractivity contribution in [2.45, 2.75) is 37.8 Å². The van der Waals surface area contributed by atoms with E-state index in [0.717, 1.165) is 12.8 Å². The van der Waals surface area contributed by atoms with Gasteiger partial charge in [-0.1, -0.05) is 29.3 Å². The number of aliphatic hydroxyl groups excluding tert-OH is 1. The van der Waals surface area contributed by atoms with Crippen LogP contribution in [0.4, 0.5) is 0 Å². The first kappa shape index (κ1) is 14.9. The van der Waals surface area contributed by atoms with Gasteiger partial charge in [0.2, 0.25) is 0 Å². The largest absolute Gasteiger partial charge is 0.488 e. The van der Waals surface area contributed by atoms with Crippen LogP contribution >= 0.6 is 23.2 Å². The van der Waals surface area contributed by atoms with E-state index >= 15 is 0 Å². The normalized spacial score (nSPS) is 18.7. The van der Waals surface area contributed by atoms with Gasteiger partial charge in [0.15, 0.2) is 5.75 Å². The van der Waals surface area contributed by atoms with Crippen LogP contribution in [0.15, 0.2) is 18.2 Å². The number of para-hydroxylation sites is 1. The Hall–Kier alpha value is -0.480. The van der Waals surface area contributed by atoms with Gasteiger partial charge in [0.25, 0.3) is 0 Å². The number of hydrogen-bond acceptors (Lipinski definition) is 3. The molecule has 1 aromatic carbocycles. The molecule has 1 aromatic rings. The van der Waals surface area contributed by atoms with Crippen molar-refractivity contribution < 1.29 is 9.84 Å². The second-order valence-electron chi connectivity index (χ2n) is 5.31. The van der Waals surface area contributed by atoms with E-state index in [4.69, 9.17) is 27.9 Å². The number of β-amino-alcohol motifs (C(OH)–C–C–N with tert-alkyl or cyclic N) is 1. The summed E-state index contributed by atoms with van der Waals surface area (Å²) in [7, 11) is 0. The van der Waals surface area contributed by atoms with Gasteiger partial charge in [-0.2, -0.15) is 0 Å². The lowest BCUT2D eigenvalue weighted by molar-refractivity contribution is 0.0868. The number of ether oxygens (including phenoxy) is 1. The highest BCUT2D eigenvalue weighted by atomic mass is 35.5. The van der Waals surface area contributed by atoms with Crippen molar-refractivity contribution in [3.8, 4) is 5.75 Å². The molecule has 0 radical (unpaired) electrons. The standard InChI is InChI=1S/C14H19Cl2NO2/c1-14(6-3-7-14)17-8-10(18)9-19-13-11(15)4-2-5-12(13)16/h2,4-5,10,17-18H,3,6-9H2,1H3. The first-order valence-electron chi connectivity index (χ1n) is 6.50. The Balaban J connectivity index is 1.78. The van der Waals surface area contributed by atoms with Gasteiger partial charge < -0.3 is 15.2 Å². The molecule has 0 bridgehead atoms. The Kier molecular flexibility index (Phi) is 4.96. The van der Waals surface area contributed by atoms with Gasteiger partial charge in [-0.25, -0.2) is 0 Å². The number of aliphatic hydroxyl groups is 1. The fourth-order valence-electron chi connectivity index (χ4n) is 2.11. The van der Waals surface area contributed by atoms with Crippen molar-refractivity contribution >= 4 is 23.2 Å². The summed E-state index contributed by atoms with van der Waals surface area (Å²) in [5, 5.41) is 14.2. The van der Waals surface area contributed by atoms with Gasteiger partial charge in [-0.05, 0) is 38.3 Å². The third-order valence-corrected chi connectivity index (χ3v) is 4.16. The van der Waals surface area contributed by atoms with E-state index in [-0.39, 0.29) is 12.1 Å². The van der Waals surface area contributed by atoms with Crippen molar-refractivity contribution in [1.82, 2.24) is 5.32 Å². The summed E-state index contributed by atoms with van der Waals surface area (Å²) in [6.45, 7) is 2.86. The highest BCUT2D eigenvalue weighted by molar-refractivity contribution is 6.37. The maximum absolute atomic E-state index is 9.90. The molecule has 1 aliphatic carbocycles. The van der Waals surface area contributed by atoms with E-state index in [9.17, 15) is 5.11 Å². The van der Waals surface area contributed by atoms with Crippen LogP contribution in [0.5, 0.6) is 5.75 Å². The van der Waals surface area contributed by atoms with Crippen LogP contribution in [0.1, 0.15) is 26.2 Å². The topological polar surface area (TPSA) is 41.5 Å². The van der Waals surface area contributed by atoms with Crippen LogP contribution in [0.25, 0.3) is 0 Å². The lowest BCUT2D eigenvalue weighted by Gasteiger charge is -2.40. The van der Waals surface area contributed by atoms with E-state index in [1.54, 1.807) is 18.2 Å². The van der Waals surface area contributed by atoms with Crippen molar-refractivity contribution in [2.75, 3.05) is 13.2 Å². The molecular formula is C14H19Cl2NO2. The Morgan fingerprint density at radius 2 is 2.00 bits per heavy atom. The smallest absolute Gasteiger partial charge is 0.156 e. The minimum Gasteiger partial charge on any atom is -0.488 e. The quantitative estimate of drug-likeness (QED) is 0.847. The minimum atomic E-state index is -0.579. The minimum absolute atomic E-state index is 0.173. The number of rotatable bonds is 6. The van der Waals surface area contributed by atoms with Crippen LogP contribution in [0.3, 0.4) is 0 Å². The molecule has 2 rings (SSSR count). The number of nitrogens with one attached hydrogen (secondary N) is 1. The first-order chi connectivity index (χ1) is 9.00. The third-order valence-electron chi connectivity index (χ3n) is 3.56. The molecule has 0 amide bonds. The number of halogens is 2. The first-order valence-corrected chi connectivity index (χ1v) is 7.26. The second kappa shape index (κ2) is 6.31. The average Bonchev–Trinajstić information content (AvgIpc) is 2.33. The number of benzene rings is 1. The number of hydrogen-bond donors (Lipinski definition) is 2. The fourth-order valence-corrected chi connectivity index (χ4v) is 2.61. The van der Waals surface area contributed by atoms with E-state index in [0.29, 0.717) is 22.3 Å². The Morgan fingerprint density at radius 3 is 2.53 bits per heavy atom. The van der Waals surface area contributed by atoms with Crippen LogP contribution in [0.2, 0.25) is 10.0 Å². The predicted molar refractivity (Wildman–Crippen MR) is 78.2 cm³/mol. The highest BCUT2D eigenvalue weighted by Crippen LogP contribution is 2.32. The summed E-state index contributed by atoms with van der Waals surface area (Å²) in [6.07, 6.45) is 3.00. The lowest BCUT2D eigenvalue weighted by atomic mass is 9.78. The van der Waals surface area contributed by atoms with Gasteiger partial charge in [-0.3, -0.25) is 0 Å². The zero-order valence-corrected chi connectivity index (χ0v) is 12.5. The van der Waals surface area contributed by atoms with E-state index in [1.807, 2.05) is 0 Å². The maximum Gasteiger partial charge on any atom is 0.156 e. The van der Waals surface area contributed by atoms with Crippen molar-refractivity contribution in [3.63, 3.8) is 0 Å². The molecule has 3 nitrogen and oxygen atoms in total. The molecule has 0 spiro atoms. The van der Waals surface area contributed by atoms with Gasteiger partial charge in [-0.15, -0.1) is 0 Å². The summed E-state index contributed by atoms with van der Waals surface area (Å²) in [6, 6.07) is 5.18.